The van der Waals surface area contributed by atoms with Crippen molar-refractivity contribution >= 4 is 79.8 Å². The van der Waals surface area contributed by atoms with E-state index in [4.69, 9.17) is 46.3 Å². The van der Waals surface area contributed by atoms with Crippen molar-refractivity contribution < 1.29 is 38.1 Å². The van der Waals surface area contributed by atoms with Gasteiger partial charge in [-0.2, -0.15) is 15.8 Å². The number of aromatic nitrogens is 2. The lowest BCUT2D eigenvalue weighted by Crippen LogP contribution is -2.11. The summed E-state index contributed by atoms with van der Waals surface area (Å²) in [5.74, 6) is -0.0433. The van der Waals surface area contributed by atoms with Crippen molar-refractivity contribution in [3.05, 3.63) is 93.0 Å². The Morgan fingerprint density at radius 2 is 1.33 bits per heavy atom. The van der Waals surface area contributed by atoms with Gasteiger partial charge in [0, 0.05) is 74.0 Å². The number of pyridine rings is 2. The summed E-state index contributed by atoms with van der Waals surface area (Å²) in [5.41, 5.74) is 2.89. The van der Waals surface area contributed by atoms with Gasteiger partial charge >= 0.3 is 5.97 Å². The smallest absolute Gasteiger partial charge is 0.350 e. The molecule has 5 N–H and O–H groups in total. The lowest BCUT2D eigenvalue weighted by Gasteiger charge is -2.11. The Bertz CT molecular complexity index is 2680. The summed E-state index contributed by atoms with van der Waals surface area (Å²) >= 11 is 6.13. The molecule has 0 aliphatic rings. The molecule has 0 aliphatic carbocycles. The molecule has 0 unspecified atom stereocenters. The lowest BCUT2D eigenvalue weighted by molar-refractivity contribution is -0.138. The summed E-state index contributed by atoms with van der Waals surface area (Å²) in [6, 6.07) is 16.9. The summed E-state index contributed by atoms with van der Waals surface area (Å²) in [6.07, 6.45) is 4.01. The van der Waals surface area contributed by atoms with Gasteiger partial charge in [-0.3, -0.25) is 24.2 Å². The van der Waals surface area contributed by atoms with E-state index in [-0.39, 0.29) is 46.5 Å². The maximum absolute atomic E-state index is 12.0. The van der Waals surface area contributed by atoms with Crippen LogP contribution in [0.3, 0.4) is 0 Å². The minimum absolute atomic E-state index is 0.0199. The highest BCUT2D eigenvalue weighted by Gasteiger charge is 2.14. The molecule has 0 saturated heterocycles. The number of hydrogen-bond acceptors (Lipinski definition) is 14. The zero-order chi connectivity index (χ0) is 44.5. The summed E-state index contributed by atoms with van der Waals surface area (Å²) in [6.45, 7) is 6.00. The normalized spacial score (nSPS) is 10.1. The predicted octanol–water partition coefficient (Wildman–Crippen LogP) is 6.13. The van der Waals surface area contributed by atoms with E-state index in [1.807, 2.05) is 12.1 Å². The van der Waals surface area contributed by atoms with E-state index >= 15 is 0 Å². The zero-order valence-electron chi connectivity index (χ0n) is 33.3. The summed E-state index contributed by atoms with van der Waals surface area (Å²) < 4.78 is 20.3. The van der Waals surface area contributed by atoms with E-state index in [1.165, 1.54) is 66.8 Å². The highest BCUT2D eigenvalue weighted by Crippen LogP contribution is 2.34. The predicted molar refractivity (Wildman–Crippen MR) is 224 cm³/mol. The van der Waals surface area contributed by atoms with Crippen molar-refractivity contribution in [2.24, 2.45) is 0 Å². The summed E-state index contributed by atoms with van der Waals surface area (Å²) in [7, 11) is 4.44. The molecule has 60 heavy (non-hydrogen) atoms. The van der Waals surface area contributed by atoms with Crippen molar-refractivity contribution in [3.8, 4) is 35.5 Å². The fraction of sp³-hybridized carbons (Fsp3) is 0.195. The van der Waals surface area contributed by atoms with Gasteiger partial charge in [-0.15, -0.1) is 0 Å². The first-order chi connectivity index (χ1) is 28.6. The maximum atomic E-state index is 12.0. The number of ether oxygens (including phenoxy) is 4. The van der Waals surface area contributed by atoms with Crippen molar-refractivity contribution in [1.29, 1.82) is 15.8 Å². The van der Waals surface area contributed by atoms with Gasteiger partial charge in [-0.1, -0.05) is 11.6 Å². The number of methoxy groups -OCH3 is 3. The van der Waals surface area contributed by atoms with Crippen LogP contribution in [0, 0.1) is 34.0 Å². The van der Waals surface area contributed by atoms with E-state index in [2.05, 4.69) is 31.2 Å². The summed E-state index contributed by atoms with van der Waals surface area (Å²) in [4.78, 5) is 63.8. The van der Waals surface area contributed by atoms with Crippen LogP contribution < -0.4 is 40.9 Å². The van der Waals surface area contributed by atoms with Gasteiger partial charge in [0.1, 0.15) is 41.0 Å². The van der Waals surface area contributed by atoms with Crippen LogP contribution in [0.2, 0.25) is 5.02 Å². The molecule has 308 valence electrons. The highest BCUT2D eigenvalue weighted by atomic mass is 35.5. The van der Waals surface area contributed by atoms with Crippen LogP contribution in [0.15, 0.2) is 71.4 Å². The molecule has 5 rings (SSSR count). The number of H-pyrrole nitrogens is 1. The van der Waals surface area contributed by atoms with Gasteiger partial charge in [-0.05, 0) is 31.2 Å². The van der Waals surface area contributed by atoms with E-state index in [1.54, 1.807) is 49.4 Å². The number of rotatable bonds is 10. The van der Waals surface area contributed by atoms with Crippen LogP contribution in [-0.4, -0.2) is 61.6 Å². The van der Waals surface area contributed by atoms with E-state index < -0.39 is 5.97 Å². The molecule has 3 aromatic carbocycles. The number of carbonyl (C=O) groups is 4. The van der Waals surface area contributed by atoms with Crippen LogP contribution in [0.25, 0.3) is 21.8 Å². The average molecular weight is 836 g/mol. The lowest BCUT2D eigenvalue weighted by atomic mass is 10.1. The molecule has 0 radical (unpaired) electrons. The third-order valence-electron chi connectivity index (χ3n) is 7.70. The number of hydrogen-bond donors (Lipinski definition) is 5. The Kier molecular flexibility index (Phi) is 16.9. The molecule has 19 heteroatoms. The molecule has 0 bridgehead atoms. The number of carbonyl (C=O) groups excluding carboxylic acids is 4. The average Bonchev–Trinajstić information content (AvgIpc) is 3.21. The molecule has 5 aromatic rings. The fourth-order valence-corrected chi connectivity index (χ4v) is 5.33. The molecule has 0 saturated carbocycles. The number of fused-ring (bicyclic) bond motifs is 2. The second kappa shape index (κ2) is 22.0. The van der Waals surface area contributed by atoms with Gasteiger partial charge in [-0.25, -0.2) is 4.79 Å². The SMILES string of the molecule is CCOC(=O)/C(C#N)=C\Nc1ccc(NC(C)=O)c(OC)c1.COc1cc2[nH]cc(C#N)c(=O)c2cc1NC(C)=O.COc1cc2ncc(C#N)c(Cl)c2cc1NC(C)=O. The Morgan fingerprint density at radius 1 is 0.783 bits per heavy atom. The van der Waals surface area contributed by atoms with E-state index in [0.717, 1.165) is 0 Å². The second-order valence-corrected chi connectivity index (χ2v) is 12.3. The molecule has 3 amide bonds. The summed E-state index contributed by atoms with van der Waals surface area (Å²) in [5, 5.41) is 38.6. The van der Waals surface area contributed by atoms with Crippen LogP contribution in [0.4, 0.5) is 22.7 Å². The van der Waals surface area contributed by atoms with Gasteiger partial charge in [0.25, 0.3) is 0 Å². The monoisotopic (exact) mass is 835 g/mol. The Balaban J connectivity index is 0.000000241. The highest BCUT2D eigenvalue weighted by molar-refractivity contribution is 6.36. The number of esters is 1. The molecule has 2 heterocycles. The Labute approximate surface area is 348 Å². The quantitative estimate of drug-likeness (QED) is 0.0602. The second-order valence-electron chi connectivity index (χ2n) is 11.9. The Morgan fingerprint density at radius 3 is 1.87 bits per heavy atom. The van der Waals surface area contributed by atoms with Crippen molar-refractivity contribution in [2.75, 3.05) is 49.2 Å². The standard InChI is InChI=1S/C15H17N3O4.C13H10ClN3O2.C13H11N3O3/c1-4-22-15(20)11(8-16)9-17-12-5-6-13(18-10(2)19)14(7-12)21-3;1-7(18)17-11-3-9-10(4-12(11)19-2)16-6-8(5-15)13(9)14;1-7(17)16-11-3-9-10(4-12(11)19-2)15-6-8(5-14)13(9)18/h5-7,9,17H,4H2,1-3H3,(H,18,19);3-4,6H,1-2H3,(H,17,18);3-4,6H,1-2H3,(H,15,18)(H,16,17)/b11-9-;;. The fourth-order valence-electron chi connectivity index (χ4n) is 5.08. The number of benzene rings is 3. The van der Waals surface area contributed by atoms with Crippen molar-refractivity contribution in [2.45, 2.75) is 27.7 Å². The van der Waals surface area contributed by atoms with Gasteiger partial charge in [0.15, 0.2) is 5.57 Å². The number of amides is 3. The third kappa shape index (κ3) is 12.2. The van der Waals surface area contributed by atoms with Crippen LogP contribution >= 0.6 is 11.6 Å². The van der Waals surface area contributed by atoms with Gasteiger partial charge in [0.05, 0.1) is 66.6 Å². The molecular formula is C41H38ClN9O9. The largest absolute Gasteiger partial charge is 0.494 e. The van der Waals surface area contributed by atoms with Crippen molar-refractivity contribution in [3.63, 3.8) is 0 Å². The molecule has 18 nitrogen and oxygen atoms in total. The van der Waals surface area contributed by atoms with Crippen LogP contribution in [0.5, 0.6) is 17.2 Å². The molecule has 0 spiro atoms. The molecule has 2 aromatic heterocycles. The van der Waals surface area contributed by atoms with E-state index in [0.29, 0.717) is 66.8 Å². The number of nitrogens with one attached hydrogen (secondary N) is 5. The molecular weight excluding hydrogens is 798 g/mol. The Hall–Kier alpha value is -8.14. The minimum Gasteiger partial charge on any atom is -0.494 e. The first-order valence-electron chi connectivity index (χ1n) is 17.4. The third-order valence-corrected chi connectivity index (χ3v) is 8.11. The van der Waals surface area contributed by atoms with Gasteiger partial charge < -0.3 is 45.2 Å². The number of nitriles is 3. The number of halogens is 1. The topological polar surface area (TPSA) is 270 Å². The number of anilines is 4. The first-order valence-corrected chi connectivity index (χ1v) is 17.8. The van der Waals surface area contributed by atoms with Crippen molar-refractivity contribution in [1.82, 2.24) is 9.97 Å². The molecule has 0 atom stereocenters. The minimum atomic E-state index is -0.695. The first kappa shape index (κ1) is 46.2. The number of nitrogens with zero attached hydrogens (tertiary/aromatic N) is 4. The maximum Gasteiger partial charge on any atom is 0.350 e. The molecule has 0 fully saturated rings. The van der Waals surface area contributed by atoms with Gasteiger partial charge in [0.2, 0.25) is 23.2 Å². The van der Waals surface area contributed by atoms with Crippen LogP contribution in [0.1, 0.15) is 38.8 Å². The zero-order valence-corrected chi connectivity index (χ0v) is 34.1. The molecule has 0 aliphatic heterocycles. The van der Waals surface area contributed by atoms with E-state index in [9.17, 15) is 24.0 Å². The van der Waals surface area contributed by atoms with Crippen LogP contribution in [-0.2, 0) is 23.9 Å². The number of aromatic amines is 1.